The fourth-order valence-corrected chi connectivity index (χ4v) is 0.838. The van der Waals surface area contributed by atoms with Gasteiger partial charge >= 0.3 is 0 Å². The Balaban J connectivity index is 4.35. The fourth-order valence-electron chi connectivity index (χ4n) is 0.431. The van der Waals surface area contributed by atoms with Crippen molar-refractivity contribution in [2.45, 2.75) is 18.6 Å². The molecule has 0 aliphatic rings. The van der Waals surface area contributed by atoms with E-state index in [0.29, 0.717) is 0 Å². The summed E-state index contributed by atoms with van der Waals surface area (Å²) in [6, 6.07) is 0. The molecule has 0 saturated heterocycles. The van der Waals surface area contributed by atoms with Crippen LogP contribution < -0.4 is 11.1 Å². The molecule has 3 N–H and O–H groups in total. The minimum absolute atomic E-state index is 0.117. The Hall–Kier alpha value is -0.360. The van der Waals surface area contributed by atoms with Gasteiger partial charge in [0, 0.05) is 12.8 Å². The van der Waals surface area contributed by atoms with E-state index in [4.69, 9.17) is 5.73 Å². The van der Waals surface area contributed by atoms with E-state index >= 15 is 0 Å². The second-order valence-corrected chi connectivity index (χ2v) is 6.34. The Labute approximate surface area is 78.4 Å². The molecule has 0 heterocycles. The van der Waals surface area contributed by atoms with Gasteiger partial charge in [0.1, 0.15) is 0 Å². The zero-order valence-corrected chi connectivity index (χ0v) is 9.05. The molecule has 0 aromatic carbocycles. The lowest BCUT2D eigenvalue weighted by Gasteiger charge is -2.22. The summed E-state index contributed by atoms with van der Waals surface area (Å²) in [7, 11) is -3.08. The highest BCUT2D eigenvalue weighted by atomic mass is 32.2. The van der Waals surface area contributed by atoms with Crippen LogP contribution in [0.15, 0.2) is 0 Å². The Kier molecular flexibility index (Phi) is 3.46. The number of hydrogen-bond acceptors (Lipinski definition) is 3. The topological polar surface area (TPSA) is 72.2 Å². The molecule has 0 unspecified atom stereocenters. The molecule has 72 valence electrons. The first-order valence-corrected chi connectivity index (χ1v) is 5.70. The van der Waals surface area contributed by atoms with Gasteiger partial charge in [0.2, 0.25) is 0 Å². The fraction of sp³-hybridized carbons (Fsp3) is 0.833. The molecule has 0 amide bonds. The standard InChI is InChI=1S/C6H14N2O2S2/c1-6(2,12(3,9)10)4-8-5(7)11/h4H2,1-3H3,(H3,7,8,11). The van der Waals surface area contributed by atoms with Crippen LogP contribution in [0.5, 0.6) is 0 Å². The molecular formula is C6H14N2O2S2. The van der Waals surface area contributed by atoms with Crippen LogP contribution in [0.25, 0.3) is 0 Å². The Bertz CT molecular complexity index is 269. The maximum Gasteiger partial charge on any atom is 0.163 e. The summed E-state index contributed by atoms with van der Waals surface area (Å²) < 4.78 is 21.4. The van der Waals surface area contributed by atoms with Crippen LogP contribution in [0, 0.1) is 0 Å². The number of sulfone groups is 1. The molecule has 4 nitrogen and oxygen atoms in total. The predicted molar refractivity (Wildman–Crippen MR) is 53.7 cm³/mol. The first kappa shape index (κ1) is 11.6. The third-order valence-electron chi connectivity index (χ3n) is 1.69. The van der Waals surface area contributed by atoms with Crippen LogP contribution in [0.1, 0.15) is 13.8 Å². The van der Waals surface area contributed by atoms with Gasteiger partial charge in [0.25, 0.3) is 0 Å². The minimum atomic E-state index is -3.08. The number of rotatable bonds is 3. The van der Waals surface area contributed by atoms with Crippen molar-refractivity contribution in [3.63, 3.8) is 0 Å². The monoisotopic (exact) mass is 210 g/mol. The molecule has 6 heteroatoms. The zero-order chi connectivity index (χ0) is 9.99. The molecule has 0 aliphatic heterocycles. The van der Waals surface area contributed by atoms with Crippen molar-refractivity contribution in [1.82, 2.24) is 5.32 Å². The summed E-state index contributed by atoms with van der Waals surface area (Å²) >= 11 is 4.56. The smallest absolute Gasteiger partial charge is 0.163 e. The summed E-state index contributed by atoms with van der Waals surface area (Å²) in [5.41, 5.74) is 5.17. The van der Waals surface area contributed by atoms with E-state index in [0.717, 1.165) is 0 Å². The van der Waals surface area contributed by atoms with E-state index in [1.54, 1.807) is 13.8 Å². The van der Waals surface area contributed by atoms with Crippen molar-refractivity contribution >= 4 is 27.2 Å². The minimum Gasteiger partial charge on any atom is -0.376 e. The summed E-state index contributed by atoms with van der Waals surface area (Å²) in [4.78, 5) is 0. The molecular weight excluding hydrogens is 196 g/mol. The molecule has 0 aromatic heterocycles. The highest BCUT2D eigenvalue weighted by molar-refractivity contribution is 7.92. The van der Waals surface area contributed by atoms with Gasteiger partial charge in [-0.3, -0.25) is 0 Å². The third-order valence-corrected chi connectivity index (χ3v) is 3.99. The van der Waals surface area contributed by atoms with Crippen LogP contribution in [0.4, 0.5) is 0 Å². The number of thiocarbonyl (C=S) groups is 1. The molecule has 0 fully saturated rings. The lowest BCUT2D eigenvalue weighted by atomic mass is 10.2. The van der Waals surface area contributed by atoms with Crippen molar-refractivity contribution in [3.05, 3.63) is 0 Å². The van der Waals surface area contributed by atoms with Crippen LogP contribution >= 0.6 is 12.2 Å². The van der Waals surface area contributed by atoms with E-state index in [9.17, 15) is 8.42 Å². The summed E-state index contributed by atoms with van der Waals surface area (Å²) in [5.74, 6) is 0. The second-order valence-electron chi connectivity index (χ2n) is 3.25. The molecule has 0 aromatic rings. The molecule has 0 bridgehead atoms. The van der Waals surface area contributed by atoms with E-state index in [2.05, 4.69) is 17.5 Å². The van der Waals surface area contributed by atoms with Crippen LogP contribution in [-0.2, 0) is 9.84 Å². The van der Waals surface area contributed by atoms with Gasteiger partial charge in [0.15, 0.2) is 14.9 Å². The van der Waals surface area contributed by atoms with E-state index in [1.165, 1.54) is 6.26 Å². The van der Waals surface area contributed by atoms with Gasteiger partial charge in [-0.15, -0.1) is 0 Å². The molecule has 0 radical (unpaired) electrons. The van der Waals surface area contributed by atoms with E-state index < -0.39 is 14.6 Å². The zero-order valence-electron chi connectivity index (χ0n) is 7.42. The first-order chi connectivity index (χ1) is 5.17. The SMILES string of the molecule is CC(C)(CNC(N)=S)S(C)(=O)=O. The first-order valence-electron chi connectivity index (χ1n) is 3.40. The Morgan fingerprint density at radius 3 is 2.25 bits per heavy atom. The Morgan fingerprint density at radius 1 is 1.58 bits per heavy atom. The largest absolute Gasteiger partial charge is 0.376 e. The van der Waals surface area contributed by atoms with Gasteiger partial charge < -0.3 is 11.1 Å². The molecule has 12 heavy (non-hydrogen) atoms. The van der Waals surface area contributed by atoms with Crippen LogP contribution in [0.2, 0.25) is 0 Å². The quantitative estimate of drug-likeness (QED) is 0.623. The maximum absolute atomic E-state index is 11.1. The van der Waals surface area contributed by atoms with Gasteiger partial charge in [-0.25, -0.2) is 8.42 Å². The van der Waals surface area contributed by atoms with Crippen LogP contribution in [-0.4, -0.2) is 31.1 Å². The molecule has 0 atom stereocenters. The van der Waals surface area contributed by atoms with Crippen molar-refractivity contribution in [3.8, 4) is 0 Å². The van der Waals surface area contributed by atoms with Gasteiger partial charge in [-0.05, 0) is 26.1 Å². The maximum atomic E-state index is 11.1. The van der Waals surface area contributed by atoms with Crippen LogP contribution in [0.3, 0.4) is 0 Å². The lowest BCUT2D eigenvalue weighted by Crippen LogP contribution is -2.45. The van der Waals surface area contributed by atoms with E-state index in [1.807, 2.05) is 0 Å². The highest BCUT2D eigenvalue weighted by Crippen LogP contribution is 2.12. The normalized spacial score (nSPS) is 12.6. The van der Waals surface area contributed by atoms with Crippen molar-refractivity contribution in [2.24, 2.45) is 5.73 Å². The summed E-state index contributed by atoms with van der Waals surface area (Å²) in [6.45, 7) is 3.47. The van der Waals surface area contributed by atoms with Gasteiger partial charge in [-0.1, -0.05) is 0 Å². The predicted octanol–water partition coefficient (Wildman–Crippen LogP) is -0.357. The van der Waals surface area contributed by atoms with Crippen molar-refractivity contribution < 1.29 is 8.42 Å². The average molecular weight is 210 g/mol. The third kappa shape index (κ3) is 3.36. The van der Waals surface area contributed by atoms with Crippen molar-refractivity contribution in [1.29, 1.82) is 0 Å². The summed E-state index contributed by atoms with van der Waals surface area (Å²) in [5, 5.41) is 2.74. The van der Waals surface area contributed by atoms with Crippen molar-refractivity contribution in [2.75, 3.05) is 12.8 Å². The number of hydrogen-bond donors (Lipinski definition) is 2. The molecule has 0 saturated carbocycles. The lowest BCUT2D eigenvalue weighted by molar-refractivity contribution is 0.546. The molecule has 0 rings (SSSR count). The highest BCUT2D eigenvalue weighted by Gasteiger charge is 2.29. The van der Waals surface area contributed by atoms with Gasteiger partial charge in [-0.2, -0.15) is 0 Å². The average Bonchev–Trinajstić information content (AvgIpc) is 1.81. The number of nitrogens with one attached hydrogen (secondary N) is 1. The number of nitrogens with two attached hydrogens (primary N) is 1. The Morgan fingerprint density at radius 2 is 2.00 bits per heavy atom. The summed E-state index contributed by atoms with van der Waals surface area (Å²) in [6.07, 6.45) is 1.19. The second kappa shape index (κ2) is 3.57. The molecule has 0 spiro atoms. The molecule has 0 aliphatic carbocycles. The van der Waals surface area contributed by atoms with Gasteiger partial charge in [0.05, 0.1) is 4.75 Å². The van der Waals surface area contributed by atoms with E-state index in [-0.39, 0.29) is 11.7 Å².